The maximum atomic E-state index is 12.6. The van der Waals surface area contributed by atoms with Crippen LogP contribution in [0.3, 0.4) is 0 Å². The molecule has 2 heterocycles. The zero-order valence-electron chi connectivity index (χ0n) is 13.3. The van der Waals surface area contributed by atoms with Gasteiger partial charge in [-0.05, 0) is 25.5 Å². The third kappa shape index (κ3) is 3.64. The van der Waals surface area contributed by atoms with E-state index in [9.17, 15) is 4.79 Å². The number of nitrogens with zero attached hydrogens (tertiary/aromatic N) is 2. The topological polar surface area (TPSA) is 51.7 Å². The summed E-state index contributed by atoms with van der Waals surface area (Å²) in [5.41, 5.74) is 0.512. The number of thiazole rings is 1. The van der Waals surface area contributed by atoms with Crippen molar-refractivity contribution in [1.82, 2.24) is 9.88 Å². The van der Waals surface area contributed by atoms with E-state index in [1.165, 1.54) is 11.3 Å². The molecule has 122 valence electrons. The molecule has 0 fully saturated rings. The molecule has 1 unspecified atom stereocenters. The Labute approximate surface area is 139 Å². The van der Waals surface area contributed by atoms with Crippen LogP contribution in [0.25, 0.3) is 0 Å². The van der Waals surface area contributed by atoms with Crippen molar-refractivity contribution in [2.24, 2.45) is 0 Å². The summed E-state index contributed by atoms with van der Waals surface area (Å²) in [4.78, 5) is 18.7. The van der Waals surface area contributed by atoms with Gasteiger partial charge in [-0.15, -0.1) is 11.3 Å². The fourth-order valence-corrected chi connectivity index (χ4v) is 3.15. The molecular formula is C17H20N2O3S. The highest BCUT2D eigenvalue weighted by Gasteiger charge is 2.26. The number of fused-ring (bicyclic) bond motifs is 1. The maximum absolute atomic E-state index is 12.6. The average molecular weight is 332 g/mol. The van der Waals surface area contributed by atoms with Crippen molar-refractivity contribution >= 4 is 17.2 Å². The van der Waals surface area contributed by atoms with Gasteiger partial charge in [0.2, 0.25) is 0 Å². The van der Waals surface area contributed by atoms with E-state index >= 15 is 0 Å². The molecule has 1 aliphatic rings. The lowest BCUT2D eigenvalue weighted by molar-refractivity contribution is 0.0459. The lowest BCUT2D eigenvalue weighted by Crippen LogP contribution is -2.44. The monoisotopic (exact) mass is 332 g/mol. The molecule has 0 spiro atoms. The Morgan fingerprint density at radius 1 is 1.39 bits per heavy atom. The summed E-state index contributed by atoms with van der Waals surface area (Å²) in [5, 5.41) is 2.71. The molecule has 1 amide bonds. The smallest absolute Gasteiger partial charge is 0.273 e. The summed E-state index contributed by atoms with van der Waals surface area (Å²) in [5.74, 6) is 1.45. The van der Waals surface area contributed by atoms with Crippen molar-refractivity contribution in [1.29, 1.82) is 0 Å². The van der Waals surface area contributed by atoms with Crippen LogP contribution in [0.5, 0.6) is 11.5 Å². The zero-order valence-corrected chi connectivity index (χ0v) is 14.1. The molecule has 1 aromatic heterocycles. The van der Waals surface area contributed by atoms with E-state index in [2.05, 4.69) is 11.9 Å². The molecule has 6 heteroatoms. The standard InChI is InChI=1S/C17H20N2O3S/c1-3-8-19(17(20)14-11-23-12(2)18-14)9-13-10-21-15-6-4-5-7-16(15)22-13/h4-7,11,13H,3,8-10H2,1-2H3. The van der Waals surface area contributed by atoms with Gasteiger partial charge in [0.15, 0.2) is 17.6 Å². The number of carbonyl (C=O) groups is 1. The zero-order chi connectivity index (χ0) is 16.2. The highest BCUT2D eigenvalue weighted by Crippen LogP contribution is 2.31. The number of ether oxygens (including phenoxy) is 2. The van der Waals surface area contributed by atoms with Crippen LogP contribution in [0.1, 0.15) is 28.8 Å². The Hall–Kier alpha value is -2.08. The molecule has 2 aromatic rings. The predicted molar refractivity (Wildman–Crippen MR) is 89.4 cm³/mol. The normalized spacial score (nSPS) is 16.2. The molecule has 3 rings (SSSR count). The first-order valence-electron chi connectivity index (χ1n) is 7.77. The first-order chi connectivity index (χ1) is 11.2. The fraction of sp³-hybridized carbons (Fsp3) is 0.412. The van der Waals surface area contributed by atoms with E-state index < -0.39 is 0 Å². The van der Waals surface area contributed by atoms with Crippen LogP contribution in [0.15, 0.2) is 29.6 Å². The molecule has 5 nitrogen and oxygen atoms in total. The molecule has 0 saturated carbocycles. The SMILES string of the molecule is CCCN(CC1COc2ccccc2O1)C(=O)c1csc(C)n1. The van der Waals surface area contributed by atoms with Gasteiger partial charge in [-0.25, -0.2) is 4.98 Å². The quantitative estimate of drug-likeness (QED) is 0.844. The van der Waals surface area contributed by atoms with Crippen molar-refractivity contribution in [3.8, 4) is 11.5 Å². The second kappa shape index (κ2) is 7.00. The van der Waals surface area contributed by atoms with Crippen LogP contribution in [-0.4, -0.2) is 41.6 Å². The summed E-state index contributed by atoms with van der Waals surface area (Å²) < 4.78 is 11.7. The molecule has 0 N–H and O–H groups in total. The van der Waals surface area contributed by atoms with Crippen LogP contribution in [0.4, 0.5) is 0 Å². The van der Waals surface area contributed by atoms with Gasteiger partial charge in [0.25, 0.3) is 5.91 Å². The predicted octanol–water partition coefficient (Wildman–Crippen LogP) is 3.14. The number of hydrogen-bond donors (Lipinski definition) is 0. The molecular weight excluding hydrogens is 312 g/mol. The van der Waals surface area contributed by atoms with Gasteiger partial charge in [0.1, 0.15) is 12.3 Å². The van der Waals surface area contributed by atoms with Crippen molar-refractivity contribution in [2.45, 2.75) is 26.4 Å². The number of aromatic nitrogens is 1. The molecule has 1 aromatic carbocycles. The molecule has 0 radical (unpaired) electrons. The Kier molecular flexibility index (Phi) is 4.81. The van der Waals surface area contributed by atoms with Crippen LogP contribution in [0.2, 0.25) is 0 Å². The average Bonchev–Trinajstić information content (AvgIpc) is 3.00. The summed E-state index contributed by atoms with van der Waals surface area (Å²) in [6, 6.07) is 7.60. The maximum Gasteiger partial charge on any atom is 0.273 e. The summed E-state index contributed by atoms with van der Waals surface area (Å²) >= 11 is 1.49. The number of hydrogen-bond acceptors (Lipinski definition) is 5. The van der Waals surface area contributed by atoms with Gasteiger partial charge in [-0.3, -0.25) is 4.79 Å². The molecule has 1 atom stereocenters. The fourth-order valence-electron chi connectivity index (χ4n) is 2.57. The Morgan fingerprint density at radius 2 is 2.17 bits per heavy atom. The second-order valence-electron chi connectivity index (χ2n) is 5.50. The van der Waals surface area contributed by atoms with Gasteiger partial charge in [-0.2, -0.15) is 0 Å². The number of aryl methyl sites for hydroxylation is 1. The largest absolute Gasteiger partial charge is 0.486 e. The highest BCUT2D eigenvalue weighted by molar-refractivity contribution is 7.09. The van der Waals surface area contributed by atoms with Gasteiger partial charge in [0, 0.05) is 11.9 Å². The minimum Gasteiger partial charge on any atom is -0.486 e. The Bertz CT molecular complexity index is 686. The second-order valence-corrected chi connectivity index (χ2v) is 6.56. The lowest BCUT2D eigenvalue weighted by atomic mass is 10.2. The minimum atomic E-state index is -0.167. The van der Waals surface area contributed by atoms with Gasteiger partial charge in [0.05, 0.1) is 11.6 Å². The third-order valence-corrected chi connectivity index (χ3v) is 4.38. The minimum absolute atomic E-state index is 0.0429. The van der Waals surface area contributed by atoms with Gasteiger partial charge in [-0.1, -0.05) is 19.1 Å². The van der Waals surface area contributed by atoms with Crippen molar-refractivity contribution in [3.63, 3.8) is 0 Å². The molecule has 0 saturated heterocycles. The number of amides is 1. The van der Waals surface area contributed by atoms with E-state index in [4.69, 9.17) is 9.47 Å². The van der Waals surface area contributed by atoms with Crippen LogP contribution in [-0.2, 0) is 0 Å². The van der Waals surface area contributed by atoms with Gasteiger partial charge < -0.3 is 14.4 Å². The number of rotatable bonds is 5. The first kappa shape index (κ1) is 15.8. The summed E-state index contributed by atoms with van der Waals surface area (Å²) in [6.07, 6.45) is 0.721. The first-order valence-corrected chi connectivity index (χ1v) is 8.65. The van der Waals surface area contributed by atoms with Crippen molar-refractivity contribution in [2.75, 3.05) is 19.7 Å². The van der Waals surface area contributed by atoms with Crippen molar-refractivity contribution < 1.29 is 14.3 Å². The third-order valence-electron chi connectivity index (χ3n) is 3.61. The van der Waals surface area contributed by atoms with E-state index in [-0.39, 0.29) is 12.0 Å². The highest BCUT2D eigenvalue weighted by atomic mass is 32.1. The van der Waals surface area contributed by atoms with E-state index in [1.54, 1.807) is 4.90 Å². The molecule has 0 bridgehead atoms. The number of benzene rings is 1. The Morgan fingerprint density at radius 3 is 2.87 bits per heavy atom. The summed E-state index contributed by atoms with van der Waals surface area (Å²) in [6.45, 7) is 5.58. The molecule has 23 heavy (non-hydrogen) atoms. The molecule has 0 aliphatic carbocycles. The van der Waals surface area contributed by atoms with Crippen molar-refractivity contribution in [3.05, 3.63) is 40.3 Å². The van der Waals surface area contributed by atoms with Crippen LogP contribution >= 0.6 is 11.3 Å². The molecule has 1 aliphatic heterocycles. The Balaban J connectivity index is 1.69. The van der Waals surface area contributed by atoms with Crippen LogP contribution < -0.4 is 9.47 Å². The van der Waals surface area contributed by atoms with E-state index in [0.717, 1.165) is 22.9 Å². The van der Waals surface area contributed by atoms with E-state index in [1.807, 2.05) is 36.6 Å². The van der Waals surface area contributed by atoms with Crippen LogP contribution in [0, 0.1) is 6.92 Å². The number of carbonyl (C=O) groups excluding carboxylic acids is 1. The van der Waals surface area contributed by atoms with E-state index in [0.29, 0.717) is 25.4 Å². The summed E-state index contributed by atoms with van der Waals surface area (Å²) in [7, 11) is 0. The lowest BCUT2D eigenvalue weighted by Gasteiger charge is -2.31. The number of para-hydroxylation sites is 2. The van der Waals surface area contributed by atoms with Gasteiger partial charge >= 0.3 is 0 Å².